The maximum Gasteiger partial charge on any atom is 0.274 e. The third kappa shape index (κ3) is 5.18. The number of carbonyl (C=O) groups excluding carboxylic acids is 1. The second kappa shape index (κ2) is 10.1. The second-order valence-corrected chi connectivity index (χ2v) is 9.80. The van der Waals surface area contributed by atoms with E-state index in [0.29, 0.717) is 22.5 Å². The third-order valence-electron chi connectivity index (χ3n) is 5.10. The Hall–Kier alpha value is -3.37. The first-order valence-corrected chi connectivity index (χ1v) is 12.7. The summed E-state index contributed by atoms with van der Waals surface area (Å²) in [5.41, 5.74) is 1.32. The van der Waals surface area contributed by atoms with Gasteiger partial charge in [0.2, 0.25) is 0 Å². The van der Waals surface area contributed by atoms with E-state index in [9.17, 15) is 23.3 Å². The van der Waals surface area contributed by atoms with E-state index in [0.717, 1.165) is 4.90 Å². The summed E-state index contributed by atoms with van der Waals surface area (Å²) in [5.74, 6) is -0.455. The van der Waals surface area contributed by atoms with Crippen molar-refractivity contribution >= 4 is 44.8 Å². The number of sulfonamides is 1. The van der Waals surface area contributed by atoms with E-state index < -0.39 is 20.9 Å². The SMILES string of the molecule is CCN(c1ccc(C(=O)Nc2cccc([N+](=O)[O-])c2C)cc1)S(=O)(=O)c1ccc(SC)cc1. The lowest BCUT2D eigenvalue weighted by Gasteiger charge is -2.23. The zero-order chi connectivity index (χ0) is 24.2. The van der Waals surface area contributed by atoms with Crippen molar-refractivity contribution in [1.29, 1.82) is 0 Å². The Bertz CT molecular complexity index is 1270. The molecule has 0 fully saturated rings. The minimum absolute atomic E-state index is 0.0856. The summed E-state index contributed by atoms with van der Waals surface area (Å²) in [4.78, 5) is 24.4. The molecule has 0 spiro atoms. The van der Waals surface area contributed by atoms with Gasteiger partial charge in [-0.15, -0.1) is 11.8 Å². The Morgan fingerprint density at radius 1 is 1.06 bits per heavy atom. The van der Waals surface area contributed by atoms with Crippen LogP contribution >= 0.6 is 11.8 Å². The van der Waals surface area contributed by atoms with Crippen molar-refractivity contribution in [3.63, 3.8) is 0 Å². The molecule has 172 valence electrons. The summed E-state index contributed by atoms with van der Waals surface area (Å²) in [6.07, 6.45) is 1.92. The molecule has 0 radical (unpaired) electrons. The van der Waals surface area contributed by atoms with Crippen LogP contribution < -0.4 is 9.62 Å². The lowest BCUT2D eigenvalue weighted by atomic mass is 10.1. The smallest absolute Gasteiger partial charge is 0.274 e. The molecule has 8 nitrogen and oxygen atoms in total. The summed E-state index contributed by atoms with van der Waals surface area (Å²) in [5, 5.41) is 13.8. The molecule has 0 atom stereocenters. The molecular weight excluding hydrogens is 462 g/mol. The van der Waals surface area contributed by atoms with Crippen LogP contribution in [0, 0.1) is 17.0 Å². The van der Waals surface area contributed by atoms with Gasteiger partial charge in [-0.3, -0.25) is 19.2 Å². The lowest BCUT2D eigenvalue weighted by molar-refractivity contribution is -0.385. The van der Waals surface area contributed by atoms with E-state index in [1.165, 1.54) is 40.3 Å². The van der Waals surface area contributed by atoms with Gasteiger partial charge in [0, 0.05) is 23.1 Å². The number of thioether (sulfide) groups is 1. The number of nitrogens with one attached hydrogen (secondary N) is 1. The Labute approximate surface area is 196 Å². The number of hydrogen-bond donors (Lipinski definition) is 1. The maximum atomic E-state index is 13.1. The van der Waals surface area contributed by atoms with Crippen molar-refractivity contribution in [2.45, 2.75) is 23.6 Å². The monoisotopic (exact) mass is 485 g/mol. The average molecular weight is 486 g/mol. The molecule has 1 N–H and O–H groups in total. The molecule has 0 aromatic heterocycles. The molecule has 33 heavy (non-hydrogen) atoms. The second-order valence-electron chi connectivity index (χ2n) is 7.05. The van der Waals surface area contributed by atoms with Crippen LogP contribution in [-0.4, -0.2) is 32.0 Å². The summed E-state index contributed by atoms with van der Waals surface area (Å²) in [6, 6.07) is 17.3. The van der Waals surface area contributed by atoms with Crippen LogP contribution in [-0.2, 0) is 10.0 Å². The predicted molar refractivity (Wildman–Crippen MR) is 131 cm³/mol. The number of nitrogens with zero attached hydrogens (tertiary/aromatic N) is 2. The van der Waals surface area contributed by atoms with Gasteiger partial charge in [0.15, 0.2) is 0 Å². The predicted octanol–water partition coefficient (Wildman–Crippen LogP) is 5.09. The van der Waals surface area contributed by atoms with Crippen molar-refractivity contribution in [1.82, 2.24) is 0 Å². The molecule has 3 aromatic carbocycles. The number of benzene rings is 3. The Balaban J connectivity index is 1.83. The number of amides is 1. The van der Waals surface area contributed by atoms with Gasteiger partial charge in [-0.25, -0.2) is 8.42 Å². The van der Waals surface area contributed by atoms with Crippen LogP contribution in [0.3, 0.4) is 0 Å². The molecule has 0 saturated carbocycles. The minimum Gasteiger partial charge on any atom is -0.321 e. The highest BCUT2D eigenvalue weighted by molar-refractivity contribution is 7.98. The molecule has 0 bridgehead atoms. The van der Waals surface area contributed by atoms with Gasteiger partial charge < -0.3 is 5.32 Å². The highest BCUT2D eigenvalue weighted by Crippen LogP contribution is 2.27. The van der Waals surface area contributed by atoms with Gasteiger partial charge >= 0.3 is 0 Å². The first kappa shape index (κ1) is 24.3. The third-order valence-corrected chi connectivity index (χ3v) is 7.76. The summed E-state index contributed by atoms with van der Waals surface area (Å²) >= 11 is 1.53. The van der Waals surface area contributed by atoms with Crippen LogP contribution in [0.25, 0.3) is 0 Å². The van der Waals surface area contributed by atoms with Crippen molar-refractivity contribution in [2.24, 2.45) is 0 Å². The van der Waals surface area contributed by atoms with Gasteiger partial charge in [0.1, 0.15) is 0 Å². The van der Waals surface area contributed by atoms with Crippen molar-refractivity contribution in [3.8, 4) is 0 Å². The molecule has 10 heteroatoms. The largest absolute Gasteiger partial charge is 0.321 e. The van der Waals surface area contributed by atoms with E-state index >= 15 is 0 Å². The summed E-state index contributed by atoms with van der Waals surface area (Å²) in [7, 11) is -3.77. The molecule has 0 unspecified atom stereocenters. The minimum atomic E-state index is -3.77. The number of rotatable bonds is 8. The molecule has 0 saturated heterocycles. The fourth-order valence-electron chi connectivity index (χ4n) is 3.30. The normalized spacial score (nSPS) is 11.1. The molecule has 0 aliphatic carbocycles. The van der Waals surface area contributed by atoms with Crippen LogP contribution in [0.5, 0.6) is 0 Å². The van der Waals surface area contributed by atoms with E-state index in [1.807, 2.05) is 6.26 Å². The molecule has 1 amide bonds. The number of carbonyl (C=O) groups is 1. The molecule has 0 heterocycles. The van der Waals surface area contributed by atoms with Gasteiger partial charge in [-0.2, -0.15) is 0 Å². The van der Waals surface area contributed by atoms with Gasteiger partial charge in [0.25, 0.3) is 21.6 Å². The fourth-order valence-corrected chi connectivity index (χ4v) is 5.18. The van der Waals surface area contributed by atoms with E-state index in [-0.39, 0.29) is 17.1 Å². The molecule has 0 aliphatic rings. The Morgan fingerprint density at radius 3 is 2.24 bits per heavy atom. The Morgan fingerprint density at radius 2 is 1.70 bits per heavy atom. The topological polar surface area (TPSA) is 110 Å². The van der Waals surface area contributed by atoms with E-state index in [1.54, 1.807) is 56.3 Å². The fraction of sp³-hybridized carbons (Fsp3) is 0.174. The standard InChI is InChI=1S/C23H23N3O5S2/c1-4-25(33(30,31)20-14-12-19(32-3)13-15-20)18-10-8-17(9-11-18)23(27)24-21-6-5-7-22(16(21)2)26(28)29/h5-15H,4H2,1-3H3,(H,24,27). The average Bonchev–Trinajstić information content (AvgIpc) is 2.81. The maximum absolute atomic E-state index is 13.1. The molecular formula is C23H23N3O5S2. The van der Waals surface area contributed by atoms with Gasteiger partial charge in [0.05, 0.1) is 26.8 Å². The van der Waals surface area contributed by atoms with Crippen molar-refractivity contribution in [2.75, 3.05) is 22.4 Å². The number of nitro groups is 1. The Kier molecular flexibility index (Phi) is 7.39. The van der Waals surface area contributed by atoms with E-state index in [2.05, 4.69) is 5.32 Å². The van der Waals surface area contributed by atoms with Gasteiger partial charge in [-0.05, 0) is 74.7 Å². The van der Waals surface area contributed by atoms with Gasteiger partial charge in [-0.1, -0.05) is 6.07 Å². The zero-order valence-electron chi connectivity index (χ0n) is 18.3. The summed E-state index contributed by atoms with van der Waals surface area (Å²) < 4.78 is 27.5. The van der Waals surface area contributed by atoms with Crippen LogP contribution in [0.1, 0.15) is 22.8 Å². The zero-order valence-corrected chi connectivity index (χ0v) is 19.9. The van der Waals surface area contributed by atoms with Crippen molar-refractivity contribution in [3.05, 3.63) is 88.0 Å². The van der Waals surface area contributed by atoms with Crippen LogP contribution in [0.4, 0.5) is 17.1 Å². The number of hydrogen-bond acceptors (Lipinski definition) is 6. The molecule has 0 aliphatic heterocycles. The van der Waals surface area contributed by atoms with E-state index in [4.69, 9.17) is 0 Å². The highest BCUT2D eigenvalue weighted by Gasteiger charge is 2.24. The number of nitro benzene ring substituents is 1. The lowest BCUT2D eigenvalue weighted by Crippen LogP contribution is -2.30. The van der Waals surface area contributed by atoms with Crippen LogP contribution in [0.2, 0.25) is 0 Å². The first-order valence-electron chi connectivity index (χ1n) is 10.0. The van der Waals surface area contributed by atoms with Crippen LogP contribution in [0.15, 0.2) is 76.5 Å². The summed E-state index contributed by atoms with van der Waals surface area (Å²) in [6.45, 7) is 3.51. The molecule has 3 aromatic rings. The first-order chi connectivity index (χ1) is 15.7. The highest BCUT2D eigenvalue weighted by atomic mass is 32.2. The van der Waals surface area contributed by atoms with Crippen molar-refractivity contribution < 1.29 is 18.1 Å². The number of anilines is 2. The quantitative estimate of drug-likeness (QED) is 0.270. The molecule has 3 rings (SSSR count).